The summed E-state index contributed by atoms with van der Waals surface area (Å²) in [6.45, 7) is 9.06. The minimum atomic E-state index is -2.52. The lowest BCUT2D eigenvalue weighted by molar-refractivity contribution is -0.346. The van der Waals surface area contributed by atoms with Crippen LogP contribution in [-0.4, -0.2) is 142 Å². The standard InChI is InChI=1S/C59H65N3O18/c1-32-28-43(67)62(53(32)71)27-26-60-42(66)24-17-25-44(68)78-48(46(36-18-11-8-12-19-36)61-52(70)37-20-13-9-14-21-37)55(73)77-39-30-59(74)51(79-54(72)38-22-15-10-16-23-38)49-57(7,40(65)29-41-58(49,31-75-41)80-35(4)64)50(69)47(76-34(3)63)45(33(39)2)56(59,5)6/h8-16,18-23,28,39-41,46-49,51,65,74H,17,24-27,29-31H2,1-7H3,(H,60,66)(H,61,70)/t39-,40-,41+,46-,47+,48+,49-,51-,57+,58-,59+/m0/s1. The number of ether oxygens (including phenoxy) is 6. The van der Waals surface area contributed by atoms with Gasteiger partial charge < -0.3 is 49.3 Å². The van der Waals surface area contributed by atoms with Crippen LogP contribution in [0.2, 0.25) is 0 Å². The van der Waals surface area contributed by atoms with Gasteiger partial charge in [-0.05, 0) is 68.2 Å². The molecule has 0 spiro atoms. The van der Waals surface area contributed by atoms with E-state index in [9.17, 15) is 48.6 Å². The molecule has 2 saturated carbocycles. The lowest BCUT2D eigenvalue weighted by Crippen LogP contribution is -2.82. The van der Waals surface area contributed by atoms with E-state index in [1.165, 1.54) is 65.0 Å². The van der Waals surface area contributed by atoms with Crippen molar-refractivity contribution in [2.24, 2.45) is 16.7 Å². The molecule has 21 nitrogen and oxygen atoms in total. The molecule has 424 valence electrons. The maximum atomic E-state index is 15.8. The Kier molecular flexibility index (Phi) is 16.8. The number of fused-ring (bicyclic) bond motifs is 5. The normalized spacial score (nSPS) is 28.2. The molecule has 11 atom stereocenters. The van der Waals surface area contributed by atoms with Crippen molar-refractivity contribution < 1.29 is 86.6 Å². The number of carbonyl (C=O) groups is 10. The molecule has 80 heavy (non-hydrogen) atoms. The van der Waals surface area contributed by atoms with Crippen molar-refractivity contribution in [3.8, 4) is 0 Å². The van der Waals surface area contributed by atoms with Gasteiger partial charge in [0, 0.05) is 75.2 Å². The zero-order chi connectivity index (χ0) is 58.1. The molecule has 0 unspecified atom stereocenters. The summed E-state index contributed by atoms with van der Waals surface area (Å²) in [5, 5.41) is 31.7. The lowest BCUT2D eigenvalue weighted by Gasteiger charge is -2.67. The number of rotatable bonds is 18. The highest BCUT2D eigenvalue weighted by molar-refractivity contribution is 6.15. The average Bonchev–Trinajstić information content (AvgIpc) is 3.66. The smallest absolute Gasteiger partial charge is 0.350 e. The number of Topliss-reactive ketones (excluding diaryl/α,β-unsaturated/α-hetero) is 1. The van der Waals surface area contributed by atoms with Gasteiger partial charge in [0.1, 0.15) is 30.0 Å². The van der Waals surface area contributed by atoms with Crippen LogP contribution >= 0.6 is 0 Å². The second kappa shape index (κ2) is 23.1. The third-order valence-corrected chi connectivity index (χ3v) is 16.3. The zero-order valence-corrected chi connectivity index (χ0v) is 45.4. The molecule has 3 aliphatic carbocycles. The number of carbonyl (C=O) groups excluding carboxylic acids is 10. The second-order valence-electron chi connectivity index (χ2n) is 21.6. The summed E-state index contributed by atoms with van der Waals surface area (Å²) in [6, 6.07) is 22.2. The van der Waals surface area contributed by atoms with E-state index in [4.69, 9.17) is 28.4 Å². The first kappa shape index (κ1) is 58.3. The van der Waals surface area contributed by atoms with Crippen molar-refractivity contribution in [2.45, 2.75) is 134 Å². The number of imide groups is 1. The largest absolute Gasteiger partial charge is 0.455 e. The van der Waals surface area contributed by atoms with Crippen molar-refractivity contribution in [3.05, 3.63) is 130 Å². The Morgan fingerprint density at radius 2 is 1.44 bits per heavy atom. The van der Waals surface area contributed by atoms with Gasteiger partial charge in [-0.25, -0.2) is 9.59 Å². The minimum absolute atomic E-state index is 0.0161. The number of nitrogens with one attached hydrogen (secondary N) is 2. The van der Waals surface area contributed by atoms with E-state index in [1.807, 2.05) is 0 Å². The van der Waals surface area contributed by atoms with E-state index >= 15 is 9.59 Å². The first-order chi connectivity index (χ1) is 37.8. The Morgan fingerprint density at radius 1 is 0.812 bits per heavy atom. The van der Waals surface area contributed by atoms with Crippen LogP contribution < -0.4 is 10.6 Å². The summed E-state index contributed by atoms with van der Waals surface area (Å²) < 4.78 is 36.9. The lowest BCUT2D eigenvalue weighted by atomic mass is 9.44. The van der Waals surface area contributed by atoms with Gasteiger partial charge in [-0.2, -0.15) is 0 Å². The Morgan fingerprint density at radius 3 is 2.01 bits per heavy atom. The highest BCUT2D eigenvalue weighted by Gasteiger charge is 2.78. The maximum absolute atomic E-state index is 15.8. The molecule has 8 rings (SSSR count). The van der Waals surface area contributed by atoms with Gasteiger partial charge in [0.05, 0.1) is 29.6 Å². The summed E-state index contributed by atoms with van der Waals surface area (Å²) in [4.78, 5) is 139. The number of benzene rings is 3. The van der Waals surface area contributed by atoms with Crippen LogP contribution in [0.5, 0.6) is 0 Å². The summed E-state index contributed by atoms with van der Waals surface area (Å²) in [6.07, 6.45) is -10.8. The first-order valence-corrected chi connectivity index (χ1v) is 26.4. The number of hydrogen-bond acceptors (Lipinski definition) is 18. The quantitative estimate of drug-likeness (QED) is 0.0608. The van der Waals surface area contributed by atoms with Crippen LogP contribution in [0.3, 0.4) is 0 Å². The number of ketones is 1. The minimum Gasteiger partial charge on any atom is -0.455 e. The van der Waals surface area contributed by atoms with Gasteiger partial charge in [-0.15, -0.1) is 0 Å². The molecule has 5 aliphatic rings. The highest BCUT2D eigenvalue weighted by atomic mass is 16.6. The molecule has 4 amide bonds. The molecule has 3 fully saturated rings. The number of esters is 5. The Labute approximate surface area is 461 Å². The predicted molar refractivity (Wildman–Crippen MR) is 279 cm³/mol. The van der Waals surface area contributed by atoms with Gasteiger partial charge in [0.2, 0.25) is 12.0 Å². The summed E-state index contributed by atoms with van der Waals surface area (Å²) in [7, 11) is 0. The first-order valence-electron chi connectivity index (χ1n) is 26.4. The third-order valence-electron chi connectivity index (χ3n) is 16.3. The number of aliphatic hydroxyl groups excluding tert-OH is 1. The molecule has 4 N–H and O–H groups in total. The van der Waals surface area contributed by atoms with Crippen LogP contribution in [-0.2, 0) is 66.8 Å². The van der Waals surface area contributed by atoms with E-state index < -0.39 is 143 Å². The van der Waals surface area contributed by atoms with Crippen molar-refractivity contribution >= 4 is 59.3 Å². The van der Waals surface area contributed by atoms with Crippen LogP contribution in [0.1, 0.15) is 113 Å². The summed E-state index contributed by atoms with van der Waals surface area (Å²) >= 11 is 0. The van der Waals surface area contributed by atoms with Gasteiger partial charge in [-0.1, -0.05) is 80.6 Å². The number of amides is 4. The molecule has 3 aromatic rings. The molecule has 2 bridgehead atoms. The van der Waals surface area contributed by atoms with Crippen LogP contribution in [0, 0.1) is 16.7 Å². The average molecular weight is 1100 g/mol. The topological polar surface area (TPSA) is 294 Å². The van der Waals surface area contributed by atoms with Crippen molar-refractivity contribution in [1.29, 1.82) is 0 Å². The van der Waals surface area contributed by atoms with Gasteiger partial charge in [-0.3, -0.25) is 43.3 Å². The van der Waals surface area contributed by atoms with Crippen LogP contribution in [0.4, 0.5) is 0 Å². The predicted octanol–water partition coefficient (Wildman–Crippen LogP) is 3.89. The molecule has 2 heterocycles. The van der Waals surface area contributed by atoms with E-state index in [0.717, 1.165) is 18.7 Å². The van der Waals surface area contributed by atoms with E-state index in [2.05, 4.69) is 10.6 Å². The number of nitrogens with zero attached hydrogens (tertiary/aromatic N) is 1. The fraction of sp³-hybridized carbons (Fsp3) is 0.458. The summed E-state index contributed by atoms with van der Waals surface area (Å²) in [5.41, 5.74) is -7.57. The Balaban J connectivity index is 1.19. The highest BCUT2D eigenvalue weighted by Crippen LogP contribution is 2.64. The molecular weight excluding hydrogens is 1040 g/mol. The third kappa shape index (κ3) is 10.9. The van der Waals surface area contributed by atoms with E-state index in [-0.39, 0.29) is 72.4 Å². The fourth-order valence-electron chi connectivity index (χ4n) is 12.1. The Hall–Kier alpha value is -7.88. The van der Waals surface area contributed by atoms with Crippen LogP contribution in [0.25, 0.3) is 0 Å². The van der Waals surface area contributed by atoms with Crippen molar-refractivity contribution in [2.75, 3.05) is 19.7 Å². The molecule has 1 saturated heterocycles. The molecule has 0 aromatic heterocycles. The number of hydrogen-bond donors (Lipinski definition) is 4. The molecular formula is C59H65N3O18. The molecule has 21 heteroatoms. The molecule has 2 aliphatic heterocycles. The van der Waals surface area contributed by atoms with Gasteiger partial charge in [0.15, 0.2) is 17.5 Å². The zero-order valence-electron chi connectivity index (χ0n) is 45.4. The second-order valence-corrected chi connectivity index (χ2v) is 21.6. The Bertz CT molecular complexity index is 3030. The molecule has 3 aromatic carbocycles. The van der Waals surface area contributed by atoms with Crippen LogP contribution in [0.15, 0.2) is 114 Å². The maximum Gasteiger partial charge on any atom is 0.350 e. The van der Waals surface area contributed by atoms with Gasteiger partial charge >= 0.3 is 29.8 Å². The van der Waals surface area contributed by atoms with E-state index in [0.29, 0.717) is 0 Å². The SMILES string of the molecule is CC(=O)O[C@H]1C(=O)[C@@]2(C)[C@H]([C@H](OC(=O)c3ccccc3)[C@]3(O)C[C@H](OC(=O)[C@H](OC(=O)CCCC(=O)NCCN4C(=O)C=C(C)C4=O)[C@@H](NC(=O)c4ccccc4)c4ccccc4)C(C)=C1C3(C)C)[C@]1(OC(C)=O)CO[C@@H]1C[C@@H]2O. The van der Waals surface area contributed by atoms with E-state index in [1.54, 1.807) is 66.7 Å². The fourth-order valence-corrected chi connectivity index (χ4v) is 12.1. The van der Waals surface area contributed by atoms with Gasteiger partial charge in [0.25, 0.3) is 17.7 Å². The summed E-state index contributed by atoms with van der Waals surface area (Å²) in [5.74, 6) is -9.82. The monoisotopic (exact) mass is 1100 g/mol. The number of aliphatic hydroxyl groups is 2. The van der Waals surface area contributed by atoms with Crippen molar-refractivity contribution in [3.63, 3.8) is 0 Å². The molecule has 0 radical (unpaired) electrons. The van der Waals surface area contributed by atoms with Crippen molar-refractivity contribution in [1.82, 2.24) is 15.5 Å².